The first-order valence-electron chi connectivity index (χ1n) is 6.53. The Morgan fingerprint density at radius 3 is 2.14 bits per heavy atom. The monoisotopic (exact) mass is 287 g/mol. The van der Waals surface area contributed by atoms with Crippen molar-refractivity contribution in [1.29, 1.82) is 0 Å². The standard InChI is InChI=1S/C16H17NO4/c1-16(2,3)14-10-13(8-9-15(14)18)21-12-6-4-11(5-7-12)17(19)20/h4-10,18H,1-3H3. The number of nitro groups is 1. The number of aromatic hydroxyl groups is 1. The van der Waals surface area contributed by atoms with Gasteiger partial charge < -0.3 is 9.84 Å². The number of nitro benzene ring substituents is 1. The van der Waals surface area contributed by atoms with Crippen LogP contribution < -0.4 is 4.74 Å². The quantitative estimate of drug-likeness (QED) is 0.671. The van der Waals surface area contributed by atoms with Crippen molar-refractivity contribution in [3.8, 4) is 17.2 Å². The third-order valence-corrected chi connectivity index (χ3v) is 3.06. The normalized spacial score (nSPS) is 11.2. The van der Waals surface area contributed by atoms with Gasteiger partial charge in [0.15, 0.2) is 0 Å². The molecule has 2 aromatic rings. The highest BCUT2D eigenvalue weighted by Crippen LogP contribution is 2.35. The fourth-order valence-corrected chi connectivity index (χ4v) is 1.95. The Balaban J connectivity index is 2.26. The summed E-state index contributed by atoms with van der Waals surface area (Å²) in [4.78, 5) is 10.1. The van der Waals surface area contributed by atoms with E-state index in [0.717, 1.165) is 5.56 Å². The Morgan fingerprint density at radius 1 is 1.05 bits per heavy atom. The van der Waals surface area contributed by atoms with E-state index < -0.39 is 4.92 Å². The molecule has 0 radical (unpaired) electrons. The van der Waals surface area contributed by atoms with Gasteiger partial charge >= 0.3 is 0 Å². The first-order valence-corrected chi connectivity index (χ1v) is 6.53. The van der Waals surface area contributed by atoms with Gasteiger partial charge in [-0.3, -0.25) is 10.1 Å². The summed E-state index contributed by atoms with van der Waals surface area (Å²) < 4.78 is 5.67. The number of phenols is 1. The fourth-order valence-electron chi connectivity index (χ4n) is 1.95. The van der Waals surface area contributed by atoms with Gasteiger partial charge in [-0.2, -0.15) is 0 Å². The van der Waals surface area contributed by atoms with Crippen molar-refractivity contribution in [2.24, 2.45) is 0 Å². The van der Waals surface area contributed by atoms with Crippen molar-refractivity contribution in [1.82, 2.24) is 0 Å². The molecule has 0 amide bonds. The zero-order chi connectivity index (χ0) is 15.6. The van der Waals surface area contributed by atoms with E-state index in [2.05, 4.69) is 0 Å². The van der Waals surface area contributed by atoms with E-state index in [9.17, 15) is 15.2 Å². The summed E-state index contributed by atoms with van der Waals surface area (Å²) in [6.45, 7) is 5.99. The van der Waals surface area contributed by atoms with Crippen LogP contribution in [0.1, 0.15) is 26.3 Å². The average molecular weight is 287 g/mol. The minimum atomic E-state index is -0.456. The molecule has 2 aromatic carbocycles. The zero-order valence-corrected chi connectivity index (χ0v) is 12.2. The maximum atomic E-state index is 10.6. The molecule has 5 heteroatoms. The van der Waals surface area contributed by atoms with Crippen LogP contribution in [-0.2, 0) is 5.41 Å². The van der Waals surface area contributed by atoms with Crippen LogP contribution in [0, 0.1) is 10.1 Å². The Morgan fingerprint density at radius 2 is 1.62 bits per heavy atom. The molecule has 110 valence electrons. The van der Waals surface area contributed by atoms with Gasteiger partial charge in [-0.05, 0) is 35.7 Å². The molecule has 0 aromatic heterocycles. The highest BCUT2D eigenvalue weighted by molar-refractivity contribution is 5.45. The molecule has 0 atom stereocenters. The third kappa shape index (κ3) is 3.51. The molecule has 1 N–H and O–H groups in total. The van der Waals surface area contributed by atoms with Gasteiger partial charge in [0, 0.05) is 17.7 Å². The summed E-state index contributed by atoms with van der Waals surface area (Å²) in [5.41, 5.74) is 0.587. The predicted molar refractivity (Wildman–Crippen MR) is 80.0 cm³/mol. The van der Waals surface area contributed by atoms with Gasteiger partial charge in [0.25, 0.3) is 5.69 Å². The maximum absolute atomic E-state index is 10.6. The van der Waals surface area contributed by atoms with Crippen LogP contribution >= 0.6 is 0 Å². The summed E-state index contributed by atoms with van der Waals surface area (Å²) >= 11 is 0. The SMILES string of the molecule is CC(C)(C)c1cc(Oc2ccc([N+](=O)[O-])cc2)ccc1O. The van der Waals surface area contributed by atoms with Crippen molar-refractivity contribution in [3.05, 3.63) is 58.1 Å². The van der Waals surface area contributed by atoms with E-state index in [1.165, 1.54) is 12.1 Å². The number of non-ortho nitro benzene ring substituents is 1. The van der Waals surface area contributed by atoms with Gasteiger partial charge in [-0.25, -0.2) is 0 Å². The second kappa shape index (κ2) is 5.44. The second-order valence-corrected chi connectivity index (χ2v) is 5.78. The third-order valence-electron chi connectivity index (χ3n) is 3.06. The molecule has 2 rings (SSSR count). The van der Waals surface area contributed by atoms with E-state index in [-0.39, 0.29) is 16.9 Å². The highest BCUT2D eigenvalue weighted by atomic mass is 16.6. The number of hydrogen-bond acceptors (Lipinski definition) is 4. The first-order chi connectivity index (χ1) is 9.77. The number of rotatable bonds is 3. The molecule has 0 saturated carbocycles. The molecule has 5 nitrogen and oxygen atoms in total. The molecule has 21 heavy (non-hydrogen) atoms. The molecular formula is C16H17NO4. The van der Waals surface area contributed by atoms with Gasteiger partial charge in [-0.1, -0.05) is 20.8 Å². The molecule has 0 heterocycles. The van der Waals surface area contributed by atoms with Crippen LogP contribution in [0.15, 0.2) is 42.5 Å². The molecule has 0 fully saturated rings. The molecule has 0 bridgehead atoms. The van der Waals surface area contributed by atoms with Crippen LogP contribution in [0.25, 0.3) is 0 Å². The van der Waals surface area contributed by atoms with Crippen molar-refractivity contribution < 1.29 is 14.8 Å². The van der Waals surface area contributed by atoms with Gasteiger partial charge in [0.2, 0.25) is 0 Å². The lowest BCUT2D eigenvalue weighted by Crippen LogP contribution is -2.11. The first kappa shape index (κ1) is 14.8. The smallest absolute Gasteiger partial charge is 0.269 e. The van der Waals surface area contributed by atoms with Crippen molar-refractivity contribution in [2.45, 2.75) is 26.2 Å². The van der Waals surface area contributed by atoms with Crippen molar-refractivity contribution in [2.75, 3.05) is 0 Å². The molecule has 0 spiro atoms. The molecule has 0 aliphatic carbocycles. The lowest BCUT2D eigenvalue weighted by molar-refractivity contribution is -0.384. The summed E-state index contributed by atoms with van der Waals surface area (Å²) in [7, 11) is 0. The van der Waals surface area contributed by atoms with E-state index in [4.69, 9.17) is 4.74 Å². The van der Waals surface area contributed by atoms with Gasteiger partial charge in [0.05, 0.1) is 4.92 Å². The van der Waals surface area contributed by atoms with Gasteiger partial charge in [-0.15, -0.1) is 0 Å². The highest BCUT2D eigenvalue weighted by Gasteiger charge is 2.19. The molecule has 0 saturated heterocycles. The maximum Gasteiger partial charge on any atom is 0.269 e. The van der Waals surface area contributed by atoms with Crippen molar-refractivity contribution in [3.63, 3.8) is 0 Å². The summed E-state index contributed by atoms with van der Waals surface area (Å²) in [5, 5.41) is 20.5. The summed E-state index contributed by atoms with van der Waals surface area (Å²) in [5.74, 6) is 1.30. The minimum absolute atomic E-state index is 0.0171. The topological polar surface area (TPSA) is 72.6 Å². The minimum Gasteiger partial charge on any atom is -0.508 e. The van der Waals surface area contributed by atoms with Crippen LogP contribution in [0.4, 0.5) is 5.69 Å². The fraction of sp³-hybridized carbons (Fsp3) is 0.250. The molecular weight excluding hydrogens is 270 g/mol. The predicted octanol–water partition coefficient (Wildman–Crippen LogP) is 4.39. The van der Waals surface area contributed by atoms with Crippen LogP contribution in [0.3, 0.4) is 0 Å². The number of ether oxygens (including phenoxy) is 1. The average Bonchev–Trinajstić information content (AvgIpc) is 2.40. The second-order valence-electron chi connectivity index (χ2n) is 5.78. The zero-order valence-electron chi connectivity index (χ0n) is 12.2. The summed E-state index contributed by atoms with van der Waals surface area (Å²) in [6.07, 6.45) is 0. The largest absolute Gasteiger partial charge is 0.508 e. The number of phenolic OH excluding ortho intramolecular Hbond substituents is 1. The number of hydrogen-bond donors (Lipinski definition) is 1. The van der Waals surface area contributed by atoms with Gasteiger partial charge in [0.1, 0.15) is 17.2 Å². The number of benzene rings is 2. The van der Waals surface area contributed by atoms with Crippen LogP contribution in [0.2, 0.25) is 0 Å². The summed E-state index contributed by atoms with van der Waals surface area (Å²) in [6, 6.07) is 10.9. The van der Waals surface area contributed by atoms with Crippen LogP contribution in [0.5, 0.6) is 17.2 Å². The van der Waals surface area contributed by atoms with E-state index in [0.29, 0.717) is 11.5 Å². The Labute approximate surface area is 123 Å². The van der Waals surface area contributed by atoms with E-state index in [1.807, 2.05) is 20.8 Å². The lowest BCUT2D eigenvalue weighted by atomic mass is 9.86. The van der Waals surface area contributed by atoms with Crippen molar-refractivity contribution >= 4 is 5.69 Å². The van der Waals surface area contributed by atoms with Crippen LogP contribution in [-0.4, -0.2) is 10.0 Å². The molecule has 0 aliphatic rings. The van der Waals surface area contributed by atoms with E-state index >= 15 is 0 Å². The number of nitrogens with zero attached hydrogens (tertiary/aromatic N) is 1. The Kier molecular flexibility index (Phi) is 3.84. The molecule has 0 aliphatic heterocycles. The Hall–Kier alpha value is -2.56. The lowest BCUT2D eigenvalue weighted by Gasteiger charge is -2.21. The Bertz CT molecular complexity index is 657. The van der Waals surface area contributed by atoms with E-state index in [1.54, 1.807) is 30.3 Å². The molecule has 0 unspecified atom stereocenters.